The zero-order valence-electron chi connectivity index (χ0n) is 15.1. The van der Waals surface area contributed by atoms with Gasteiger partial charge in [0.25, 0.3) is 0 Å². The van der Waals surface area contributed by atoms with Gasteiger partial charge in [0.1, 0.15) is 0 Å². The number of carbonyl (C=O) groups excluding carboxylic acids is 1. The Balaban J connectivity index is 1.74. The first kappa shape index (κ1) is 18.7. The van der Waals surface area contributed by atoms with Crippen LogP contribution in [-0.2, 0) is 11.3 Å². The predicted molar refractivity (Wildman–Crippen MR) is 106 cm³/mol. The number of aromatic nitrogens is 3. The largest absolute Gasteiger partial charge is 0.325 e. The van der Waals surface area contributed by atoms with Crippen LogP contribution in [-0.4, -0.2) is 25.9 Å². The molecule has 6 nitrogen and oxygen atoms in total. The van der Waals surface area contributed by atoms with E-state index >= 15 is 0 Å². The second kappa shape index (κ2) is 8.52. The normalized spacial score (nSPS) is 11.6. The van der Waals surface area contributed by atoms with Gasteiger partial charge in [0.2, 0.25) is 5.91 Å². The molecule has 1 aromatic heterocycles. The molecule has 0 saturated heterocycles. The van der Waals surface area contributed by atoms with E-state index in [1.165, 1.54) is 11.8 Å². The smallest absolute Gasteiger partial charge is 0.237 e. The van der Waals surface area contributed by atoms with Crippen LogP contribution in [0.2, 0.25) is 0 Å². The maximum absolute atomic E-state index is 12.5. The Hall–Kier alpha value is -3.11. The van der Waals surface area contributed by atoms with Crippen molar-refractivity contribution in [2.24, 2.45) is 0 Å². The molecule has 27 heavy (non-hydrogen) atoms. The first-order chi connectivity index (χ1) is 13.1. The van der Waals surface area contributed by atoms with Gasteiger partial charge in [-0.1, -0.05) is 48.2 Å². The van der Waals surface area contributed by atoms with E-state index < -0.39 is 0 Å². The van der Waals surface area contributed by atoms with Gasteiger partial charge < -0.3 is 9.88 Å². The number of benzene rings is 2. The Morgan fingerprint density at radius 3 is 2.70 bits per heavy atom. The van der Waals surface area contributed by atoms with Crippen molar-refractivity contribution in [2.75, 3.05) is 5.32 Å². The fourth-order valence-corrected chi connectivity index (χ4v) is 3.50. The highest BCUT2D eigenvalue weighted by atomic mass is 32.2. The molecule has 0 radical (unpaired) electrons. The molecule has 1 atom stereocenters. The van der Waals surface area contributed by atoms with Crippen LogP contribution in [0, 0.1) is 11.3 Å². The van der Waals surface area contributed by atoms with Crippen molar-refractivity contribution in [2.45, 2.75) is 30.8 Å². The van der Waals surface area contributed by atoms with Gasteiger partial charge in [0, 0.05) is 17.8 Å². The SMILES string of the molecule is CCn1c(SC(C)C(=O)Nc2cccc(C#N)c2)nnc1-c1ccccc1. The number of hydrogen-bond acceptors (Lipinski definition) is 5. The summed E-state index contributed by atoms with van der Waals surface area (Å²) < 4.78 is 2.00. The van der Waals surface area contributed by atoms with E-state index in [0.29, 0.717) is 23.0 Å². The lowest BCUT2D eigenvalue weighted by molar-refractivity contribution is -0.115. The van der Waals surface area contributed by atoms with Gasteiger partial charge in [-0.2, -0.15) is 5.26 Å². The van der Waals surface area contributed by atoms with E-state index in [1.807, 2.05) is 48.7 Å². The summed E-state index contributed by atoms with van der Waals surface area (Å²) in [7, 11) is 0. The second-order valence-electron chi connectivity index (χ2n) is 5.86. The van der Waals surface area contributed by atoms with Crippen molar-refractivity contribution in [1.29, 1.82) is 5.26 Å². The highest BCUT2D eigenvalue weighted by molar-refractivity contribution is 8.00. The first-order valence-corrected chi connectivity index (χ1v) is 9.46. The van der Waals surface area contributed by atoms with Gasteiger partial charge in [-0.3, -0.25) is 4.79 Å². The molecule has 1 amide bonds. The van der Waals surface area contributed by atoms with Crippen molar-refractivity contribution in [1.82, 2.24) is 14.8 Å². The van der Waals surface area contributed by atoms with Crippen LogP contribution in [0.15, 0.2) is 59.8 Å². The molecular formula is C20H19N5OS. The Bertz CT molecular complexity index is 978. The van der Waals surface area contributed by atoms with E-state index in [2.05, 4.69) is 21.6 Å². The van der Waals surface area contributed by atoms with Crippen molar-refractivity contribution < 1.29 is 4.79 Å². The zero-order valence-corrected chi connectivity index (χ0v) is 15.9. The quantitative estimate of drug-likeness (QED) is 0.658. The molecule has 0 bridgehead atoms. The fourth-order valence-electron chi connectivity index (χ4n) is 2.58. The molecule has 7 heteroatoms. The van der Waals surface area contributed by atoms with Crippen molar-refractivity contribution >= 4 is 23.4 Å². The number of carbonyl (C=O) groups is 1. The van der Waals surface area contributed by atoms with Gasteiger partial charge in [-0.25, -0.2) is 0 Å². The second-order valence-corrected chi connectivity index (χ2v) is 7.17. The molecule has 136 valence electrons. The number of anilines is 1. The summed E-state index contributed by atoms with van der Waals surface area (Å²) >= 11 is 1.36. The minimum atomic E-state index is -0.367. The average molecular weight is 377 g/mol. The van der Waals surface area contributed by atoms with Gasteiger partial charge in [0.05, 0.1) is 16.9 Å². The van der Waals surface area contributed by atoms with E-state index in [0.717, 1.165) is 11.4 Å². The highest BCUT2D eigenvalue weighted by Crippen LogP contribution is 2.27. The summed E-state index contributed by atoms with van der Waals surface area (Å²) in [5.41, 5.74) is 2.10. The molecule has 0 spiro atoms. The summed E-state index contributed by atoms with van der Waals surface area (Å²) in [6.45, 7) is 4.56. The number of rotatable bonds is 6. The number of hydrogen-bond donors (Lipinski definition) is 1. The molecule has 1 heterocycles. The molecule has 0 fully saturated rings. The van der Waals surface area contributed by atoms with Crippen LogP contribution in [0.3, 0.4) is 0 Å². The maximum Gasteiger partial charge on any atom is 0.237 e. The molecular weight excluding hydrogens is 358 g/mol. The lowest BCUT2D eigenvalue weighted by Gasteiger charge is -2.13. The third kappa shape index (κ3) is 4.36. The zero-order chi connectivity index (χ0) is 19.2. The predicted octanol–water partition coefficient (Wildman–Crippen LogP) is 3.96. The van der Waals surface area contributed by atoms with Gasteiger partial charge in [-0.15, -0.1) is 10.2 Å². The Kier molecular flexibility index (Phi) is 5.89. The Morgan fingerprint density at radius 1 is 1.22 bits per heavy atom. The topological polar surface area (TPSA) is 83.6 Å². The monoisotopic (exact) mass is 377 g/mol. The molecule has 1 unspecified atom stereocenters. The molecule has 0 aliphatic carbocycles. The Morgan fingerprint density at radius 2 is 2.00 bits per heavy atom. The van der Waals surface area contributed by atoms with Crippen LogP contribution in [0.1, 0.15) is 19.4 Å². The van der Waals surface area contributed by atoms with Crippen molar-refractivity contribution in [3.63, 3.8) is 0 Å². The lowest BCUT2D eigenvalue weighted by atomic mass is 10.2. The van der Waals surface area contributed by atoms with Gasteiger partial charge in [-0.05, 0) is 32.0 Å². The number of amides is 1. The maximum atomic E-state index is 12.5. The third-order valence-corrected chi connectivity index (χ3v) is 5.06. The average Bonchev–Trinajstić information content (AvgIpc) is 3.11. The molecule has 1 N–H and O–H groups in total. The molecule has 0 saturated carbocycles. The van der Waals surface area contributed by atoms with E-state index in [9.17, 15) is 4.79 Å². The summed E-state index contributed by atoms with van der Waals surface area (Å²) in [5, 5.41) is 20.7. The van der Waals surface area contributed by atoms with Gasteiger partial charge in [0.15, 0.2) is 11.0 Å². The van der Waals surface area contributed by atoms with Crippen LogP contribution in [0.5, 0.6) is 0 Å². The van der Waals surface area contributed by atoms with Crippen molar-refractivity contribution in [3.8, 4) is 17.5 Å². The van der Waals surface area contributed by atoms with Crippen LogP contribution in [0.25, 0.3) is 11.4 Å². The fraction of sp³-hybridized carbons (Fsp3) is 0.200. The number of nitrogens with one attached hydrogen (secondary N) is 1. The van der Waals surface area contributed by atoms with Crippen LogP contribution in [0.4, 0.5) is 5.69 Å². The van der Waals surface area contributed by atoms with Crippen molar-refractivity contribution in [3.05, 3.63) is 60.2 Å². The first-order valence-electron chi connectivity index (χ1n) is 8.58. The molecule has 0 aliphatic rings. The number of thioether (sulfide) groups is 1. The van der Waals surface area contributed by atoms with Crippen LogP contribution < -0.4 is 5.32 Å². The summed E-state index contributed by atoms with van der Waals surface area (Å²) in [5.74, 6) is 0.636. The standard InChI is InChI=1S/C20H19N5OS/c1-3-25-18(16-9-5-4-6-10-16)23-24-20(25)27-14(2)19(26)22-17-11-7-8-15(12-17)13-21/h4-12,14H,3H2,1-2H3,(H,22,26). The van der Waals surface area contributed by atoms with E-state index in [4.69, 9.17) is 5.26 Å². The minimum absolute atomic E-state index is 0.151. The molecule has 2 aromatic carbocycles. The lowest BCUT2D eigenvalue weighted by Crippen LogP contribution is -2.23. The minimum Gasteiger partial charge on any atom is -0.325 e. The van der Waals surface area contributed by atoms with E-state index in [-0.39, 0.29) is 11.2 Å². The summed E-state index contributed by atoms with van der Waals surface area (Å²) in [6, 6.07) is 18.8. The highest BCUT2D eigenvalue weighted by Gasteiger charge is 2.20. The molecule has 0 aliphatic heterocycles. The molecule has 3 rings (SSSR count). The number of nitriles is 1. The van der Waals surface area contributed by atoms with Gasteiger partial charge >= 0.3 is 0 Å². The number of nitrogens with zero attached hydrogens (tertiary/aromatic N) is 4. The molecule has 3 aromatic rings. The summed E-state index contributed by atoms with van der Waals surface area (Å²) in [6.07, 6.45) is 0. The van der Waals surface area contributed by atoms with E-state index in [1.54, 1.807) is 24.3 Å². The van der Waals surface area contributed by atoms with Crippen LogP contribution >= 0.6 is 11.8 Å². The third-order valence-electron chi connectivity index (χ3n) is 3.98. The Labute approximate surface area is 162 Å². The summed E-state index contributed by atoms with van der Waals surface area (Å²) in [4.78, 5) is 12.5.